The monoisotopic (exact) mass is 288 g/mol. The summed E-state index contributed by atoms with van der Waals surface area (Å²) in [6.45, 7) is 6.55. The quantitative estimate of drug-likeness (QED) is 0.925. The first kappa shape index (κ1) is 13.8. The van der Waals surface area contributed by atoms with Crippen LogP contribution in [0.15, 0.2) is 6.07 Å². The zero-order valence-electron chi connectivity index (χ0n) is 10.5. The summed E-state index contributed by atoms with van der Waals surface area (Å²) in [6.07, 6.45) is 2.59. The van der Waals surface area contributed by atoms with E-state index >= 15 is 0 Å². The fraction of sp³-hybridized carbons (Fsp3) is 0.667. The van der Waals surface area contributed by atoms with Crippen molar-refractivity contribution < 1.29 is 0 Å². The predicted octanol–water partition coefficient (Wildman–Crippen LogP) is 2.93. The first-order valence-corrected chi connectivity index (χ1v) is 7.05. The largest absolute Gasteiger partial charge is 0.381 e. The van der Waals surface area contributed by atoms with Gasteiger partial charge in [0.25, 0.3) is 0 Å². The number of halogens is 2. The van der Waals surface area contributed by atoms with Gasteiger partial charge in [-0.25, -0.2) is 0 Å². The summed E-state index contributed by atoms with van der Waals surface area (Å²) in [5.41, 5.74) is 0.752. The molecule has 0 bridgehead atoms. The third-order valence-electron chi connectivity index (χ3n) is 3.34. The maximum Gasteiger partial charge on any atom is 0.174 e. The van der Waals surface area contributed by atoms with Crippen LogP contribution in [-0.4, -0.2) is 41.3 Å². The Hall–Kier alpha value is -0.580. The van der Waals surface area contributed by atoms with Crippen molar-refractivity contribution in [3.05, 3.63) is 16.4 Å². The van der Waals surface area contributed by atoms with Gasteiger partial charge in [-0.15, -0.1) is 10.2 Å². The number of anilines is 1. The van der Waals surface area contributed by atoms with Gasteiger partial charge in [0, 0.05) is 19.2 Å². The standard InChI is InChI=1S/C12H18Cl2N4/c1-9-2-5-18(6-3-9)7-4-15-10-8-11(13)16-17-12(10)14/h8-9H,2-7H2,1H3,(H,15,16). The Morgan fingerprint density at radius 2 is 2.06 bits per heavy atom. The van der Waals surface area contributed by atoms with Crippen molar-refractivity contribution in [3.8, 4) is 0 Å². The van der Waals surface area contributed by atoms with Crippen LogP contribution in [0.3, 0.4) is 0 Å². The molecular weight excluding hydrogens is 271 g/mol. The van der Waals surface area contributed by atoms with Gasteiger partial charge in [0.1, 0.15) is 0 Å². The van der Waals surface area contributed by atoms with Crippen LogP contribution in [0.4, 0.5) is 5.69 Å². The zero-order valence-corrected chi connectivity index (χ0v) is 12.0. The molecule has 1 N–H and O–H groups in total. The van der Waals surface area contributed by atoms with Crippen LogP contribution in [0.2, 0.25) is 10.3 Å². The van der Waals surface area contributed by atoms with Gasteiger partial charge >= 0.3 is 0 Å². The average molecular weight is 289 g/mol. The molecule has 6 heteroatoms. The lowest BCUT2D eigenvalue weighted by molar-refractivity contribution is 0.199. The molecule has 4 nitrogen and oxygen atoms in total. The highest BCUT2D eigenvalue weighted by Gasteiger charge is 2.15. The lowest BCUT2D eigenvalue weighted by Gasteiger charge is -2.30. The topological polar surface area (TPSA) is 41.0 Å². The van der Waals surface area contributed by atoms with E-state index in [4.69, 9.17) is 23.2 Å². The molecule has 1 aliphatic rings. The molecule has 1 saturated heterocycles. The van der Waals surface area contributed by atoms with Crippen molar-refractivity contribution in [2.24, 2.45) is 5.92 Å². The van der Waals surface area contributed by atoms with Gasteiger partial charge in [-0.2, -0.15) is 0 Å². The lowest BCUT2D eigenvalue weighted by atomic mass is 9.99. The van der Waals surface area contributed by atoms with Crippen molar-refractivity contribution in [1.82, 2.24) is 15.1 Å². The molecule has 2 rings (SSSR count). The number of likely N-dealkylation sites (tertiary alicyclic amines) is 1. The van der Waals surface area contributed by atoms with Crippen LogP contribution in [0.1, 0.15) is 19.8 Å². The Morgan fingerprint density at radius 3 is 2.78 bits per heavy atom. The molecule has 1 aliphatic heterocycles. The van der Waals surface area contributed by atoms with Crippen molar-refractivity contribution in [2.75, 3.05) is 31.5 Å². The molecule has 0 saturated carbocycles. The summed E-state index contributed by atoms with van der Waals surface area (Å²) in [7, 11) is 0. The lowest BCUT2D eigenvalue weighted by Crippen LogP contribution is -2.36. The van der Waals surface area contributed by atoms with E-state index in [1.54, 1.807) is 6.07 Å². The third-order valence-corrected chi connectivity index (χ3v) is 3.80. The SMILES string of the molecule is CC1CCN(CCNc2cc(Cl)nnc2Cl)CC1. The maximum absolute atomic E-state index is 5.93. The minimum atomic E-state index is 0.355. The summed E-state index contributed by atoms with van der Waals surface area (Å²) in [6, 6.07) is 1.70. The zero-order chi connectivity index (χ0) is 13.0. The highest BCUT2D eigenvalue weighted by atomic mass is 35.5. The van der Waals surface area contributed by atoms with Crippen LogP contribution in [-0.2, 0) is 0 Å². The van der Waals surface area contributed by atoms with E-state index in [-0.39, 0.29) is 0 Å². The van der Waals surface area contributed by atoms with Crippen LogP contribution < -0.4 is 5.32 Å². The molecule has 0 aromatic carbocycles. The van der Waals surface area contributed by atoms with Crippen LogP contribution in [0.25, 0.3) is 0 Å². The van der Waals surface area contributed by atoms with E-state index in [9.17, 15) is 0 Å². The number of nitrogens with zero attached hydrogens (tertiary/aromatic N) is 3. The highest BCUT2D eigenvalue weighted by molar-refractivity contribution is 6.33. The minimum absolute atomic E-state index is 0.355. The number of rotatable bonds is 4. The maximum atomic E-state index is 5.93. The van der Waals surface area contributed by atoms with Crippen LogP contribution >= 0.6 is 23.2 Å². The van der Waals surface area contributed by atoms with Gasteiger partial charge in [-0.1, -0.05) is 30.1 Å². The van der Waals surface area contributed by atoms with Crippen molar-refractivity contribution >= 4 is 28.9 Å². The van der Waals surface area contributed by atoms with Gasteiger partial charge in [0.05, 0.1) is 5.69 Å². The summed E-state index contributed by atoms with van der Waals surface area (Å²) >= 11 is 11.7. The Balaban J connectivity index is 1.76. The number of hydrogen-bond acceptors (Lipinski definition) is 4. The molecule has 0 radical (unpaired) electrons. The van der Waals surface area contributed by atoms with E-state index in [1.807, 2.05) is 0 Å². The number of nitrogens with one attached hydrogen (secondary N) is 1. The van der Waals surface area contributed by atoms with E-state index in [0.717, 1.165) is 24.7 Å². The van der Waals surface area contributed by atoms with E-state index < -0.39 is 0 Å². The Bertz CT molecular complexity index is 392. The van der Waals surface area contributed by atoms with Crippen molar-refractivity contribution in [3.63, 3.8) is 0 Å². The predicted molar refractivity (Wildman–Crippen MR) is 75.4 cm³/mol. The average Bonchev–Trinajstić information content (AvgIpc) is 2.36. The Kier molecular flexibility index (Phi) is 5.03. The molecule has 0 atom stereocenters. The van der Waals surface area contributed by atoms with Crippen molar-refractivity contribution in [1.29, 1.82) is 0 Å². The number of piperidine rings is 1. The fourth-order valence-corrected chi connectivity index (χ4v) is 2.42. The molecule has 1 fully saturated rings. The Labute approximate surface area is 118 Å². The summed E-state index contributed by atoms with van der Waals surface area (Å²) in [5, 5.41) is 11.4. The molecule has 0 unspecified atom stereocenters. The second kappa shape index (κ2) is 6.55. The molecule has 0 spiro atoms. The summed E-state index contributed by atoms with van der Waals surface area (Å²) in [4.78, 5) is 2.47. The molecule has 2 heterocycles. The van der Waals surface area contributed by atoms with E-state index in [1.165, 1.54) is 25.9 Å². The smallest absolute Gasteiger partial charge is 0.174 e. The minimum Gasteiger partial charge on any atom is -0.381 e. The fourth-order valence-electron chi connectivity index (χ4n) is 2.11. The normalized spacial score (nSPS) is 17.9. The molecule has 1 aromatic rings. The summed E-state index contributed by atoms with van der Waals surface area (Å²) in [5.74, 6) is 0.867. The first-order chi connectivity index (χ1) is 8.65. The van der Waals surface area contributed by atoms with E-state index in [2.05, 4.69) is 27.3 Å². The second-order valence-corrected chi connectivity index (χ2v) is 5.57. The molecule has 18 heavy (non-hydrogen) atoms. The van der Waals surface area contributed by atoms with Gasteiger partial charge in [-0.3, -0.25) is 0 Å². The molecule has 0 amide bonds. The van der Waals surface area contributed by atoms with Gasteiger partial charge in [0.2, 0.25) is 0 Å². The number of hydrogen-bond donors (Lipinski definition) is 1. The van der Waals surface area contributed by atoms with Gasteiger partial charge < -0.3 is 10.2 Å². The molecular formula is C12H18Cl2N4. The Morgan fingerprint density at radius 1 is 1.33 bits per heavy atom. The highest BCUT2D eigenvalue weighted by Crippen LogP contribution is 2.20. The second-order valence-electron chi connectivity index (χ2n) is 4.82. The van der Waals surface area contributed by atoms with Gasteiger partial charge in [-0.05, 0) is 31.8 Å². The van der Waals surface area contributed by atoms with Crippen molar-refractivity contribution in [2.45, 2.75) is 19.8 Å². The molecule has 0 aliphatic carbocycles. The van der Waals surface area contributed by atoms with Gasteiger partial charge in [0.15, 0.2) is 10.3 Å². The third kappa shape index (κ3) is 3.97. The van der Waals surface area contributed by atoms with E-state index in [0.29, 0.717) is 10.3 Å². The van der Waals surface area contributed by atoms with Crippen LogP contribution in [0.5, 0.6) is 0 Å². The number of aromatic nitrogens is 2. The molecule has 100 valence electrons. The molecule has 1 aromatic heterocycles. The summed E-state index contributed by atoms with van der Waals surface area (Å²) < 4.78 is 0. The van der Waals surface area contributed by atoms with Crippen LogP contribution in [0, 0.1) is 5.92 Å². The first-order valence-electron chi connectivity index (χ1n) is 6.30.